The zero-order valence-corrected chi connectivity index (χ0v) is 11.4. The topological polar surface area (TPSA) is 50.4 Å². The Bertz CT molecular complexity index is 450. The van der Waals surface area contributed by atoms with Crippen LogP contribution in [0.3, 0.4) is 0 Å². The maximum Gasteiger partial charge on any atom is 0.254 e. The van der Waals surface area contributed by atoms with Gasteiger partial charge in [0.05, 0.1) is 12.0 Å². The molecule has 2 saturated heterocycles. The van der Waals surface area contributed by atoms with Crippen molar-refractivity contribution in [1.29, 1.82) is 0 Å². The van der Waals surface area contributed by atoms with Gasteiger partial charge < -0.3 is 15.4 Å². The number of rotatable bonds is 2. The number of amides is 1. The van der Waals surface area contributed by atoms with E-state index in [0.717, 1.165) is 13.0 Å². The van der Waals surface area contributed by atoms with Gasteiger partial charge in [-0.25, -0.2) is 8.78 Å². The molecule has 0 aromatic rings. The summed E-state index contributed by atoms with van der Waals surface area (Å²) in [5.74, 6) is -2.18. The number of carbonyl (C=O) groups excluding carboxylic acids is 1. The number of hydrogen-bond acceptors (Lipinski definition) is 3. The van der Waals surface area contributed by atoms with Crippen LogP contribution in [0, 0.1) is 16.7 Å². The molecule has 4 nitrogen and oxygen atoms in total. The van der Waals surface area contributed by atoms with E-state index >= 15 is 0 Å². The molecule has 20 heavy (non-hydrogen) atoms. The van der Waals surface area contributed by atoms with Crippen LogP contribution in [0.25, 0.3) is 0 Å². The Morgan fingerprint density at radius 3 is 2.80 bits per heavy atom. The Morgan fingerprint density at radius 2 is 2.10 bits per heavy atom. The zero-order valence-electron chi connectivity index (χ0n) is 11.4. The van der Waals surface area contributed by atoms with Gasteiger partial charge >= 0.3 is 0 Å². The maximum absolute atomic E-state index is 13.2. The molecule has 4 fully saturated rings. The normalized spacial score (nSPS) is 48.5. The number of carbonyl (C=O) groups is 1. The van der Waals surface area contributed by atoms with E-state index in [2.05, 4.69) is 10.6 Å². The molecule has 0 radical (unpaired) electrons. The van der Waals surface area contributed by atoms with Crippen LogP contribution in [0.15, 0.2) is 0 Å². The molecule has 1 amide bonds. The lowest BCUT2D eigenvalue weighted by molar-refractivity contribution is -0.143. The lowest BCUT2D eigenvalue weighted by atomic mass is 9.72. The van der Waals surface area contributed by atoms with Gasteiger partial charge in [-0.05, 0) is 31.7 Å². The Labute approximate surface area is 116 Å². The smallest absolute Gasteiger partial charge is 0.254 e. The van der Waals surface area contributed by atoms with Gasteiger partial charge in [-0.1, -0.05) is 0 Å². The fraction of sp³-hybridized carbons (Fsp3) is 0.929. The van der Waals surface area contributed by atoms with Crippen molar-refractivity contribution in [1.82, 2.24) is 10.6 Å². The summed E-state index contributed by atoms with van der Waals surface area (Å²) in [4.78, 5) is 12.6. The van der Waals surface area contributed by atoms with E-state index in [1.807, 2.05) is 0 Å². The third-order valence-corrected chi connectivity index (χ3v) is 5.86. The van der Waals surface area contributed by atoms with Crippen LogP contribution >= 0.6 is 0 Å². The monoisotopic (exact) mass is 286 g/mol. The molecule has 2 aliphatic heterocycles. The Balaban J connectivity index is 1.39. The van der Waals surface area contributed by atoms with Gasteiger partial charge in [-0.2, -0.15) is 0 Å². The highest BCUT2D eigenvalue weighted by molar-refractivity contribution is 5.84. The fourth-order valence-corrected chi connectivity index (χ4v) is 4.31. The van der Waals surface area contributed by atoms with Crippen molar-refractivity contribution in [2.75, 3.05) is 26.3 Å². The predicted molar refractivity (Wildman–Crippen MR) is 67.4 cm³/mol. The van der Waals surface area contributed by atoms with E-state index in [1.54, 1.807) is 0 Å². The first-order valence-electron chi connectivity index (χ1n) is 7.45. The molecule has 2 heterocycles. The molecule has 0 aromatic heterocycles. The van der Waals surface area contributed by atoms with Crippen molar-refractivity contribution >= 4 is 5.91 Å². The van der Waals surface area contributed by atoms with E-state index < -0.39 is 16.8 Å². The SMILES string of the molecule is O=C(NC1CC2(C1)CC2(F)F)[C@]12CNC[C@H]1CCOC2. The van der Waals surface area contributed by atoms with Crippen LogP contribution in [0.1, 0.15) is 25.7 Å². The highest BCUT2D eigenvalue weighted by Gasteiger charge is 2.75. The average molecular weight is 286 g/mol. The Kier molecular flexibility index (Phi) is 2.53. The van der Waals surface area contributed by atoms with Crippen LogP contribution < -0.4 is 10.6 Å². The van der Waals surface area contributed by atoms with Gasteiger partial charge in [-0.15, -0.1) is 0 Å². The summed E-state index contributed by atoms with van der Waals surface area (Å²) < 4.78 is 31.8. The molecule has 2 N–H and O–H groups in total. The second kappa shape index (κ2) is 3.91. The van der Waals surface area contributed by atoms with E-state index in [0.29, 0.717) is 38.5 Å². The number of alkyl halides is 2. The second-order valence-electron chi connectivity index (χ2n) is 7.07. The molecule has 2 saturated carbocycles. The number of hydrogen-bond donors (Lipinski definition) is 2. The highest BCUT2D eigenvalue weighted by Crippen LogP contribution is 2.71. The first-order chi connectivity index (χ1) is 9.48. The summed E-state index contributed by atoms with van der Waals surface area (Å²) in [6.07, 6.45) is 1.76. The molecular formula is C14H20F2N2O2. The summed E-state index contributed by atoms with van der Waals surface area (Å²) in [6.45, 7) is 2.64. The Morgan fingerprint density at radius 1 is 1.35 bits per heavy atom. The van der Waals surface area contributed by atoms with Gasteiger partial charge in [0.25, 0.3) is 5.92 Å². The van der Waals surface area contributed by atoms with Gasteiger partial charge in [0.2, 0.25) is 5.91 Å². The molecule has 6 heteroatoms. The summed E-state index contributed by atoms with van der Waals surface area (Å²) >= 11 is 0. The van der Waals surface area contributed by atoms with Gasteiger partial charge in [0.1, 0.15) is 0 Å². The third-order valence-electron chi connectivity index (χ3n) is 5.86. The summed E-state index contributed by atoms with van der Waals surface area (Å²) in [5.41, 5.74) is -1.26. The maximum atomic E-state index is 13.2. The van der Waals surface area contributed by atoms with Crippen LogP contribution in [0.2, 0.25) is 0 Å². The lowest BCUT2D eigenvalue weighted by Gasteiger charge is -2.41. The van der Waals surface area contributed by atoms with E-state index in [1.165, 1.54) is 0 Å². The van der Waals surface area contributed by atoms with Crippen molar-refractivity contribution in [3.05, 3.63) is 0 Å². The van der Waals surface area contributed by atoms with Crippen LogP contribution in [-0.2, 0) is 9.53 Å². The largest absolute Gasteiger partial charge is 0.380 e. The first kappa shape index (κ1) is 13.0. The van der Waals surface area contributed by atoms with Gasteiger partial charge in [0.15, 0.2) is 0 Å². The minimum absolute atomic E-state index is 0.00369. The third kappa shape index (κ3) is 1.61. The average Bonchev–Trinajstić information content (AvgIpc) is 2.77. The van der Waals surface area contributed by atoms with Crippen molar-refractivity contribution in [3.8, 4) is 0 Å². The predicted octanol–water partition coefficient (Wildman–Crippen LogP) is 0.916. The zero-order chi connectivity index (χ0) is 14.0. The molecule has 4 aliphatic rings. The molecular weight excluding hydrogens is 266 g/mol. The summed E-state index contributed by atoms with van der Waals surface area (Å²) in [7, 11) is 0. The highest BCUT2D eigenvalue weighted by atomic mass is 19.3. The van der Waals surface area contributed by atoms with Crippen LogP contribution in [0.5, 0.6) is 0 Å². The van der Waals surface area contributed by atoms with Crippen molar-refractivity contribution in [3.63, 3.8) is 0 Å². The van der Waals surface area contributed by atoms with Gasteiger partial charge in [-0.3, -0.25) is 4.79 Å². The molecule has 112 valence electrons. The van der Waals surface area contributed by atoms with Crippen molar-refractivity contribution in [2.24, 2.45) is 16.7 Å². The molecule has 0 aromatic carbocycles. The second-order valence-corrected chi connectivity index (χ2v) is 7.07. The van der Waals surface area contributed by atoms with Gasteiger partial charge in [0, 0.05) is 31.0 Å². The van der Waals surface area contributed by atoms with E-state index in [4.69, 9.17) is 4.74 Å². The first-order valence-corrected chi connectivity index (χ1v) is 7.45. The van der Waals surface area contributed by atoms with Crippen molar-refractivity contribution < 1.29 is 18.3 Å². The van der Waals surface area contributed by atoms with E-state index in [9.17, 15) is 13.6 Å². The number of nitrogens with one attached hydrogen (secondary N) is 2. The summed E-state index contributed by atoms with van der Waals surface area (Å²) in [5, 5.41) is 6.27. The number of fused-ring (bicyclic) bond motifs is 1. The molecule has 1 spiro atoms. The molecule has 2 aliphatic carbocycles. The van der Waals surface area contributed by atoms with Crippen LogP contribution in [-0.4, -0.2) is 44.2 Å². The Hall–Kier alpha value is -0.750. The standard InChI is InChI=1S/C14H20F2N2O2/c15-14(16)6-12(14)3-10(4-12)18-11(19)13-7-17-5-9(13)1-2-20-8-13/h9-10,17H,1-8H2,(H,18,19)/t9-,10?,12?,13+/m1/s1. The fourth-order valence-electron chi connectivity index (χ4n) is 4.31. The minimum atomic E-state index is -2.49. The quantitative estimate of drug-likeness (QED) is 0.793. The molecule has 0 unspecified atom stereocenters. The summed E-state index contributed by atoms with van der Waals surface area (Å²) in [6, 6.07) is -0.0755. The molecule has 0 bridgehead atoms. The number of halogens is 2. The minimum Gasteiger partial charge on any atom is -0.380 e. The molecule has 4 rings (SSSR count). The van der Waals surface area contributed by atoms with Crippen molar-refractivity contribution in [2.45, 2.75) is 37.6 Å². The molecule has 2 atom stereocenters. The lowest BCUT2D eigenvalue weighted by Crippen LogP contribution is -2.57. The van der Waals surface area contributed by atoms with Crippen LogP contribution in [0.4, 0.5) is 8.78 Å². The van der Waals surface area contributed by atoms with E-state index in [-0.39, 0.29) is 18.4 Å². The number of ether oxygens (including phenoxy) is 1.